The van der Waals surface area contributed by atoms with Gasteiger partial charge in [-0.2, -0.15) is 5.90 Å². The van der Waals surface area contributed by atoms with Crippen molar-refractivity contribution in [3.8, 4) is 0 Å². The van der Waals surface area contributed by atoms with Crippen molar-refractivity contribution in [1.82, 2.24) is 0 Å². The summed E-state index contributed by atoms with van der Waals surface area (Å²) in [5, 5.41) is 0. The Labute approximate surface area is 82.1 Å². The molecule has 2 aliphatic rings. The molecule has 0 aliphatic heterocycles. The highest BCUT2D eigenvalue weighted by molar-refractivity contribution is 5.94. The van der Waals surface area contributed by atoms with E-state index in [0.717, 1.165) is 5.57 Å². The fraction of sp³-hybridized carbons (Fsp3) is 0.600. The van der Waals surface area contributed by atoms with E-state index in [4.69, 9.17) is 5.90 Å². The molecule has 3 atom stereocenters. The summed E-state index contributed by atoms with van der Waals surface area (Å²) in [5.41, 5.74) is 1.10. The summed E-state index contributed by atoms with van der Waals surface area (Å²) in [6.07, 6.45) is 2.93. The Morgan fingerprint density at radius 3 is 2.93 bits per heavy atom. The fourth-order valence-corrected chi connectivity index (χ4v) is 2.58. The summed E-state index contributed by atoms with van der Waals surface area (Å²) in [4.78, 5) is 26.7. The molecule has 4 nitrogen and oxygen atoms in total. The van der Waals surface area contributed by atoms with Crippen LogP contribution in [-0.4, -0.2) is 11.8 Å². The van der Waals surface area contributed by atoms with Crippen LogP contribution in [0, 0.1) is 17.8 Å². The number of nitrogens with two attached hydrogens (primary N) is 1. The van der Waals surface area contributed by atoms with Crippen molar-refractivity contribution in [1.29, 1.82) is 0 Å². The lowest BCUT2D eigenvalue weighted by Crippen LogP contribution is -2.23. The van der Waals surface area contributed by atoms with Gasteiger partial charge < -0.3 is 4.84 Å². The van der Waals surface area contributed by atoms with Gasteiger partial charge in [-0.05, 0) is 24.3 Å². The number of hydrogen-bond acceptors (Lipinski definition) is 4. The first kappa shape index (κ1) is 9.40. The van der Waals surface area contributed by atoms with Crippen LogP contribution in [0.1, 0.15) is 19.8 Å². The maximum Gasteiger partial charge on any atom is 0.328 e. The van der Waals surface area contributed by atoms with Crippen LogP contribution in [0.3, 0.4) is 0 Å². The molecule has 2 aliphatic carbocycles. The Morgan fingerprint density at radius 1 is 1.64 bits per heavy atom. The summed E-state index contributed by atoms with van der Waals surface area (Å²) in [5.74, 6) is 4.86. The molecule has 0 saturated heterocycles. The first-order chi connectivity index (χ1) is 6.63. The van der Waals surface area contributed by atoms with Gasteiger partial charge in [-0.1, -0.05) is 12.5 Å². The van der Waals surface area contributed by atoms with Crippen molar-refractivity contribution >= 4 is 11.8 Å². The van der Waals surface area contributed by atoms with Gasteiger partial charge in [-0.15, -0.1) is 0 Å². The van der Waals surface area contributed by atoms with E-state index in [9.17, 15) is 9.59 Å². The molecule has 0 aromatic heterocycles. The van der Waals surface area contributed by atoms with E-state index >= 15 is 0 Å². The van der Waals surface area contributed by atoms with Gasteiger partial charge in [-0.3, -0.25) is 9.59 Å². The molecule has 1 saturated carbocycles. The number of fused-ring (bicyclic) bond motifs is 1. The molecule has 14 heavy (non-hydrogen) atoms. The van der Waals surface area contributed by atoms with Gasteiger partial charge in [-0.25, -0.2) is 0 Å². The van der Waals surface area contributed by atoms with Crippen molar-refractivity contribution in [2.75, 3.05) is 0 Å². The van der Waals surface area contributed by atoms with Crippen LogP contribution in [0.4, 0.5) is 0 Å². The fourth-order valence-electron chi connectivity index (χ4n) is 2.58. The molecule has 0 radical (unpaired) electrons. The lowest BCUT2D eigenvalue weighted by molar-refractivity contribution is -0.150. The van der Waals surface area contributed by atoms with E-state index in [1.165, 1.54) is 0 Å². The predicted octanol–water partition coefficient (Wildman–Crippen LogP) is 0.575. The number of hydrogen-bond donors (Lipinski definition) is 1. The normalized spacial score (nSPS) is 35.4. The Bertz CT molecular complexity index is 321. The van der Waals surface area contributed by atoms with Gasteiger partial charge in [0.15, 0.2) is 5.78 Å². The zero-order valence-corrected chi connectivity index (χ0v) is 8.03. The number of rotatable bonds is 1. The molecule has 1 fully saturated rings. The Morgan fingerprint density at radius 2 is 2.36 bits per heavy atom. The average molecular weight is 195 g/mol. The van der Waals surface area contributed by atoms with Crippen molar-refractivity contribution in [2.24, 2.45) is 23.7 Å². The highest BCUT2D eigenvalue weighted by Crippen LogP contribution is 2.46. The van der Waals surface area contributed by atoms with Gasteiger partial charge >= 0.3 is 5.97 Å². The van der Waals surface area contributed by atoms with Crippen LogP contribution < -0.4 is 5.90 Å². The second kappa shape index (κ2) is 3.20. The number of ketones is 1. The van der Waals surface area contributed by atoms with Crippen LogP contribution in [0.25, 0.3) is 0 Å². The molecule has 0 heterocycles. The first-order valence-corrected chi connectivity index (χ1v) is 4.78. The van der Waals surface area contributed by atoms with E-state index in [1.54, 1.807) is 6.08 Å². The SMILES string of the molecule is CC1C2=CC(=O)CC2CC1C(=O)ON. The van der Waals surface area contributed by atoms with E-state index in [0.29, 0.717) is 12.8 Å². The number of allylic oxidation sites excluding steroid dienone is 2. The van der Waals surface area contributed by atoms with E-state index in [2.05, 4.69) is 4.84 Å². The third-order valence-corrected chi connectivity index (χ3v) is 3.33. The number of carbonyl (C=O) groups excluding carboxylic acids is 2. The monoisotopic (exact) mass is 195 g/mol. The summed E-state index contributed by atoms with van der Waals surface area (Å²) < 4.78 is 0. The molecule has 0 bridgehead atoms. The molecule has 4 heteroatoms. The van der Waals surface area contributed by atoms with Gasteiger partial charge in [0.1, 0.15) is 0 Å². The third-order valence-electron chi connectivity index (χ3n) is 3.33. The Hall–Kier alpha value is -1.16. The molecular weight excluding hydrogens is 182 g/mol. The van der Waals surface area contributed by atoms with Crippen molar-refractivity contribution in [2.45, 2.75) is 19.8 Å². The molecule has 2 N–H and O–H groups in total. The highest BCUT2D eigenvalue weighted by atomic mass is 16.7. The molecule has 0 spiro atoms. The first-order valence-electron chi connectivity index (χ1n) is 4.78. The van der Waals surface area contributed by atoms with Crippen molar-refractivity contribution in [3.05, 3.63) is 11.6 Å². The topological polar surface area (TPSA) is 69.4 Å². The minimum absolute atomic E-state index is 0.0995. The Balaban J connectivity index is 2.19. The van der Waals surface area contributed by atoms with E-state index in [1.807, 2.05) is 6.92 Å². The smallest absolute Gasteiger partial charge is 0.328 e. The molecule has 0 amide bonds. The maximum atomic E-state index is 11.3. The van der Waals surface area contributed by atoms with Gasteiger partial charge in [0, 0.05) is 6.42 Å². The largest absolute Gasteiger partial charge is 0.373 e. The molecule has 76 valence electrons. The zero-order chi connectivity index (χ0) is 10.3. The van der Waals surface area contributed by atoms with Crippen LogP contribution in [-0.2, 0) is 14.4 Å². The minimum Gasteiger partial charge on any atom is -0.373 e. The minimum atomic E-state index is -0.361. The van der Waals surface area contributed by atoms with Crippen LogP contribution in [0.15, 0.2) is 11.6 Å². The van der Waals surface area contributed by atoms with Crippen LogP contribution >= 0.6 is 0 Å². The van der Waals surface area contributed by atoms with E-state index in [-0.39, 0.29) is 29.5 Å². The summed E-state index contributed by atoms with van der Waals surface area (Å²) >= 11 is 0. The number of carbonyl (C=O) groups is 2. The molecule has 0 aromatic carbocycles. The van der Waals surface area contributed by atoms with Gasteiger partial charge in [0.05, 0.1) is 5.92 Å². The quantitative estimate of drug-likeness (QED) is 0.621. The standard InChI is InChI=1S/C10H13NO3/c1-5-8-4-7(12)2-6(8)3-9(5)10(13)14-11/h4-6,9H,2-3,11H2,1H3. The molecule has 2 rings (SSSR count). The highest BCUT2D eigenvalue weighted by Gasteiger charge is 2.43. The zero-order valence-electron chi connectivity index (χ0n) is 8.03. The van der Waals surface area contributed by atoms with Crippen LogP contribution in [0.2, 0.25) is 0 Å². The summed E-state index contributed by atoms with van der Waals surface area (Å²) in [6, 6.07) is 0. The van der Waals surface area contributed by atoms with Gasteiger partial charge in [0.2, 0.25) is 0 Å². The second-order valence-electron chi connectivity index (χ2n) is 4.08. The van der Waals surface area contributed by atoms with E-state index < -0.39 is 0 Å². The predicted molar refractivity (Wildman–Crippen MR) is 48.7 cm³/mol. The van der Waals surface area contributed by atoms with Crippen molar-refractivity contribution in [3.63, 3.8) is 0 Å². The van der Waals surface area contributed by atoms with Crippen molar-refractivity contribution < 1.29 is 14.4 Å². The van der Waals surface area contributed by atoms with Crippen LogP contribution in [0.5, 0.6) is 0 Å². The lowest BCUT2D eigenvalue weighted by Gasteiger charge is -2.11. The maximum absolute atomic E-state index is 11.3. The Kier molecular flexibility index (Phi) is 2.15. The summed E-state index contributed by atoms with van der Waals surface area (Å²) in [6.45, 7) is 1.95. The lowest BCUT2D eigenvalue weighted by atomic mass is 9.95. The van der Waals surface area contributed by atoms with Gasteiger partial charge in [0.25, 0.3) is 0 Å². The third kappa shape index (κ3) is 1.26. The average Bonchev–Trinajstić information content (AvgIpc) is 2.64. The summed E-state index contributed by atoms with van der Waals surface area (Å²) in [7, 11) is 0. The second-order valence-corrected chi connectivity index (χ2v) is 4.08. The molecule has 3 unspecified atom stereocenters. The molecular formula is C10H13NO3. The molecule has 0 aromatic rings.